The summed E-state index contributed by atoms with van der Waals surface area (Å²) in [6, 6.07) is 0. The van der Waals surface area contributed by atoms with Crippen LogP contribution in [0, 0.1) is 0 Å². The first-order valence-corrected chi connectivity index (χ1v) is 8.55. The molecule has 0 aromatic heterocycles. The highest BCUT2D eigenvalue weighted by Gasteiger charge is 2.06. The fourth-order valence-electron chi connectivity index (χ4n) is 2.04. The van der Waals surface area contributed by atoms with Crippen molar-refractivity contribution in [3.8, 4) is 0 Å². The number of carbonyl (C=O) groups is 2. The van der Waals surface area contributed by atoms with Crippen molar-refractivity contribution in [1.82, 2.24) is 0 Å². The van der Waals surface area contributed by atoms with Gasteiger partial charge < -0.3 is 9.84 Å². The molecule has 0 unspecified atom stereocenters. The Hall–Kier alpha value is -1.84. The molecule has 0 radical (unpaired) electrons. The molecule has 0 aliphatic carbocycles. The molecule has 130 valence electrons. The van der Waals surface area contributed by atoms with Crippen LogP contribution >= 0.6 is 0 Å². The molecule has 0 spiro atoms. The van der Waals surface area contributed by atoms with Crippen LogP contribution in [0.1, 0.15) is 71.1 Å². The van der Waals surface area contributed by atoms with E-state index in [-0.39, 0.29) is 6.42 Å². The summed E-state index contributed by atoms with van der Waals surface area (Å²) in [7, 11) is 0. The first-order chi connectivity index (χ1) is 11.2. The lowest BCUT2D eigenvalue weighted by Gasteiger charge is -2.00. The van der Waals surface area contributed by atoms with Gasteiger partial charge in [0.2, 0.25) is 0 Å². The molecular weight excluding hydrogens is 292 g/mol. The Morgan fingerprint density at radius 2 is 1.39 bits per heavy atom. The van der Waals surface area contributed by atoms with Crippen molar-refractivity contribution < 1.29 is 19.4 Å². The summed E-state index contributed by atoms with van der Waals surface area (Å²) in [4.78, 5) is 21.1. The fraction of sp³-hybridized carbons (Fsp3) is 0.579. The molecule has 23 heavy (non-hydrogen) atoms. The van der Waals surface area contributed by atoms with E-state index in [4.69, 9.17) is 5.11 Å². The van der Waals surface area contributed by atoms with Gasteiger partial charge >= 0.3 is 12.1 Å². The third kappa shape index (κ3) is 18.1. The maximum atomic E-state index is 11.0. The van der Waals surface area contributed by atoms with E-state index >= 15 is 0 Å². The van der Waals surface area contributed by atoms with Gasteiger partial charge in [-0.15, -0.1) is 0 Å². The molecule has 0 aliphatic heterocycles. The normalized spacial score (nSPS) is 11.7. The van der Waals surface area contributed by atoms with E-state index in [1.54, 1.807) is 0 Å². The van der Waals surface area contributed by atoms with Crippen LogP contribution in [0.4, 0.5) is 4.79 Å². The van der Waals surface area contributed by atoms with E-state index in [0.717, 1.165) is 51.4 Å². The zero-order valence-corrected chi connectivity index (χ0v) is 14.2. The number of allylic oxidation sites excluding steroid dienone is 6. The van der Waals surface area contributed by atoms with Crippen molar-refractivity contribution in [2.45, 2.75) is 71.1 Å². The minimum absolute atomic E-state index is 0.186. The van der Waals surface area contributed by atoms with Gasteiger partial charge in [0.1, 0.15) is 0 Å². The van der Waals surface area contributed by atoms with Gasteiger partial charge in [-0.2, -0.15) is 0 Å². The maximum absolute atomic E-state index is 11.0. The second-order valence-corrected chi connectivity index (χ2v) is 5.34. The highest BCUT2D eigenvalue weighted by Crippen LogP contribution is 2.08. The summed E-state index contributed by atoms with van der Waals surface area (Å²) in [6.45, 7) is 2.14. The summed E-state index contributed by atoms with van der Waals surface area (Å²) in [5.74, 6) is -0.654. The molecule has 0 atom stereocenters. The maximum Gasteiger partial charge on any atom is 0.513 e. The zero-order chi connectivity index (χ0) is 17.2. The minimum atomic E-state index is -1.52. The van der Waals surface area contributed by atoms with Crippen LogP contribution in [-0.2, 0) is 9.53 Å². The predicted molar refractivity (Wildman–Crippen MR) is 93.4 cm³/mol. The van der Waals surface area contributed by atoms with Gasteiger partial charge in [0.15, 0.2) is 0 Å². The van der Waals surface area contributed by atoms with E-state index in [9.17, 15) is 9.59 Å². The highest BCUT2D eigenvalue weighted by atomic mass is 16.7. The van der Waals surface area contributed by atoms with Crippen LogP contribution in [0.25, 0.3) is 0 Å². The first kappa shape index (κ1) is 21.2. The van der Waals surface area contributed by atoms with Crippen LogP contribution in [0.2, 0.25) is 0 Å². The Morgan fingerprint density at radius 3 is 2.04 bits per heavy atom. The third-order valence-corrected chi connectivity index (χ3v) is 3.23. The summed E-state index contributed by atoms with van der Waals surface area (Å²) >= 11 is 0. The molecule has 0 fully saturated rings. The van der Waals surface area contributed by atoms with Crippen molar-refractivity contribution in [3.05, 3.63) is 36.5 Å². The number of carbonyl (C=O) groups excluding carboxylic acids is 1. The molecule has 0 aliphatic rings. The Balaban J connectivity index is 3.32. The average molecular weight is 322 g/mol. The van der Waals surface area contributed by atoms with Crippen molar-refractivity contribution in [1.29, 1.82) is 0 Å². The molecule has 0 bridgehead atoms. The molecule has 0 amide bonds. The number of hydrogen-bond donors (Lipinski definition) is 1. The molecule has 0 saturated carbocycles. The number of rotatable bonds is 13. The Labute approximate surface area is 139 Å². The van der Waals surface area contributed by atoms with Crippen molar-refractivity contribution >= 4 is 12.1 Å². The standard InChI is InChI=1S/C19H30O4/c1-2-3-4-5-6-7-8-9-10-11-12-13-14-15-16-17-18(20)23-19(21)22/h3-4,6-7,9-10H,2,5,8,11-17H2,1H3,(H,21,22)/b4-3-,7-6-,10-9-. The summed E-state index contributed by atoms with van der Waals surface area (Å²) in [5.41, 5.74) is 0. The molecule has 1 N–H and O–H groups in total. The van der Waals surface area contributed by atoms with Gasteiger partial charge in [-0.25, -0.2) is 4.79 Å². The van der Waals surface area contributed by atoms with E-state index < -0.39 is 12.1 Å². The van der Waals surface area contributed by atoms with Crippen molar-refractivity contribution in [2.24, 2.45) is 0 Å². The smallest absolute Gasteiger partial charge is 0.449 e. The van der Waals surface area contributed by atoms with Crippen LogP contribution in [0.3, 0.4) is 0 Å². The van der Waals surface area contributed by atoms with Gasteiger partial charge in [0.05, 0.1) is 0 Å². The van der Waals surface area contributed by atoms with E-state index in [2.05, 4.69) is 48.1 Å². The van der Waals surface area contributed by atoms with Crippen LogP contribution < -0.4 is 0 Å². The third-order valence-electron chi connectivity index (χ3n) is 3.23. The Morgan fingerprint density at radius 1 is 0.826 bits per heavy atom. The van der Waals surface area contributed by atoms with Gasteiger partial charge in [0, 0.05) is 6.42 Å². The molecule has 0 saturated heterocycles. The first-order valence-electron chi connectivity index (χ1n) is 8.55. The van der Waals surface area contributed by atoms with Gasteiger partial charge in [-0.05, 0) is 38.5 Å². The topological polar surface area (TPSA) is 63.6 Å². The lowest BCUT2D eigenvalue weighted by atomic mass is 10.1. The Kier molecular flexibility index (Phi) is 15.2. The molecule has 0 rings (SSSR count). The van der Waals surface area contributed by atoms with Crippen LogP contribution in [0.5, 0.6) is 0 Å². The second-order valence-electron chi connectivity index (χ2n) is 5.34. The SMILES string of the molecule is CC/C=C\C/C=C\C/C=C\CCCCCCCC(=O)OC(=O)O. The fourth-order valence-corrected chi connectivity index (χ4v) is 2.04. The number of carboxylic acid groups (broad SMARTS) is 1. The number of unbranched alkanes of at least 4 members (excludes halogenated alkanes) is 5. The summed E-state index contributed by atoms with van der Waals surface area (Å²) in [5, 5.41) is 8.25. The lowest BCUT2D eigenvalue weighted by molar-refractivity contribution is -0.139. The number of hydrogen-bond acceptors (Lipinski definition) is 3. The van der Waals surface area contributed by atoms with Gasteiger partial charge in [-0.1, -0.05) is 62.6 Å². The van der Waals surface area contributed by atoms with E-state index in [1.807, 2.05) is 0 Å². The molecule has 4 nitrogen and oxygen atoms in total. The quantitative estimate of drug-likeness (QED) is 0.201. The van der Waals surface area contributed by atoms with Gasteiger partial charge in [-0.3, -0.25) is 4.79 Å². The summed E-state index contributed by atoms with van der Waals surface area (Å²) < 4.78 is 4.03. The van der Waals surface area contributed by atoms with Crippen molar-refractivity contribution in [2.75, 3.05) is 0 Å². The minimum Gasteiger partial charge on any atom is -0.449 e. The Bertz CT molecular complexity index is 394. The summed E-state index contributed by atoms with van der Waals surface area (Å²) in [6.07, 6.45) is 21.0. The molecule has 0 aromatic rings. The highest BCUT2D eigenvalue weighted by molar-refractivity contribution is 5.80. The average Bonchev–Trinajstić information content (AvgIpc) is 2.50. The molecule has 4 heteroatoms. The monoisotopic (exact) mass is 322 g/mol. The molecule has 0 aromatic carbocycles. The van der Waals surface area contributed by atoms with E-state index in [0.29, 0.717) is 6.42 Å². The predicted octanol–water partition coefficient (Wildman–Crippen LogP) is 5.80. The van der Waals surface area contributed by atoms with E-state index in [1.165, 1.54) is 0 Å². The number of ether oxygens (including phenoxy) is 1. The van der Waals surface area contributed by atoms with Crippen LogP contribution in [-0.4, -0.2) is 17.2 Å². The zero-order valence-electron chi connectivity index (χ0n) is 14.2. The van der Waals surface area contributed by atoms with Gasteiger partial charge in [0.25, 0.3) is 0 Å². The molecule has 0 heterocycles. The second kappa shape index (κ2) is 16.5. The largest absolute Gasteiger partial charge is 0.513 e. The number of esters is 1. The molecular formula is C19H30O4. The lowest BCUT2D eigenvalue weighted by Crippen LogP contribution is -2.09. The van der Waals surface area contributed by atoms with Crippen LogP contribution in [0.15, 0.2) is 36.5 Å². The van der Waals surface area contributed by atoms with Crippen molar-refractivity contribution in [3.63, 3.8) is 0 Å².